The minimum atomic E-state index is -4.58. The lowest BCUT2D eigenvalue weighted by atomic mass is 9.95. The fourth-order valence-corrected chi connectivity index (χ4v) is 4.66. The number of rotatable bonds is 5. The normalized spacial score (nSPS) is 20.2. The van der Waals surface area contributed by atoms with E-state index in [9.17, 15) is 18.0 Å². The molecule has 1 N–H and O–H groups in total. The number of amides is 1. The molecule has 1 amide bonds. The maximum atomic E-state index is 13.3. The van der Waals surface area contributed by atoms with Crippen LogP contribution in [0.1, 0.15) is 54.4 Å². The highest BCUT2D eigenvalue weighted by atomic mass is 32.1. The van der Waals surface area contributed by atoms with Gasteiger partial charge < -0.3 is 19.4 Å². The second kappa shape index (κ2) is 9.23. The van der Waals surface area contributed by atoms with Crippen LogP contribution in [0, 0.1) is 0 Å². The zero-order valence-corrected chi connectivity index (χ0v) is 19.7. The molecule has 0 radical (unpaired) electrons. The number of aromatic nitrogens is 1. The standard InChI is InChI=1S/C23H28F3N3O3S/c1-22(2,3)19-13-29(12-15-5-4-8-31-15)21(33-19)28-20(30)17-9-14(23(24,25)26)6-7-18(17)32-16-10-27-11-16/h6-7,9,13,15-16,27H,4-5,8,10-12H2,1-3H3/t15-/m1/s1. The van der Waals surface area contributed by atoms with E-state index in [0.717, 1.165) is 29.9 Å². The Balaban J connectivity index is 1.73. The van der Waals surface area contributed by atoms with Crippen molar-refractivity contribution in [3.63, 3.8) is 0 Å². The van der Waals surface area contributed by atoms with Crippen molar-refractivity contribution >= 4 is 17.2 Å². The number of hydrogen-bond acceptors (Lipinski definition) is 5. The first-order valence-electron chi connectivity index (χ1n) is 11.0. The lowest BCUT2D eigenvalue weighted by Crippen LogP contribution is -2.50. The highest BCUT2D eigenvalue weighted by Crippen LogP contribution is 2.33. The Labute approximate surface area is 194 Å². The third-order valence-corrected chi connectivity index (χ3v) is 7.10. The zero-order chi connectivity index (χ0) is 23.8. The number of carbonyl (C=O) groups is 1. The molecular formula is C23H28F3N3O3S. The van der Waals surface area contributed by atoms with E-state index in [0.29, 0.717) is 31.0 Å². The summed E-state index contributed by atoms with van der Waals surface area (Å²) in [5.41, 5.74) is -1.26. The minimum Gasteiger partial charge on any atom is -0.487 e. The van der Waals surface area contributed by atoms with Crippen molar-refractivity contribution in [2.75, 3.05) is 19.7 Å². The van der Waals surface area contributed by atoms with Crippen LogP contribution in [0.25, 0.3) is 0 Å². The van der Waals surface area contributed by atoms with Gasteiger partial charge in [-0.15, -0.1) is 11.3 Å². The molecule has 1 atom stereocenters. The van der Waals surface area contributed by atoms with Crippen molar-refractivity contribution in [1.29, 1.82) is 0 Å². The van der Waals surface area contributed by atoms with Crippen molar-refractivity contribution in [2.45, 2.75) is 64.0 Å². The van der Waals surface area contributed by atoms with Crippen molar-refractivity contribution in [3.8, 4) is 5.75 Å². The molecule has 6 nitrogen and oxygen atoms in total. The number of halogens is 3. The van der Waals surface area contributed by atoms with Gasteiger partial charge in [0.25, 0.3) is 5.91 Å². The van der Waals surface area contributed by atoms with Crippen LogP contribution in [0.2, 0.25) is 0 Å². The predicted molar refractivity (Wildman–Crippen MR) is 119 cm³/mol. The molecule has 0 saturated carbocycles. The Morgan fingerprint density at radius 2 is 2.06 bits per heavy atom. The van der Waals surface area contributed by atoms with Gasteiger partial charge in [0, 0.05) is 30.8 Å². The number of nitrogens with zero attached hydrogens (tertiary/aromatic N) is 2. The summed E-state index contributed by atoms with van der Waals surface area (Å²) in [7, 11) is 0. The minimum absolute atomic E-state index is 0.0278. The summed E-state index contributed by atoms with van der Waals surface area (Å²) in [6, 6.07) is 2.97. The SMILES string of the molecule is CC(C)(C)c1cn(C[C@H]2CCCO2)c(=NC(=O)c2cc(C(F)(F)F)ccc2OC2CNC2)s1. The molecule has 180 valence electrons. The number of alkyl halides is 3. The first-order valence-corrected chi connectivity index (χ1v) is 11.8. The first-order chi connectivity index (χ1) is 15.5. The van der Waals surface area contributed by atoms with Crippen molar-refractivity contribution in [2.24, 2.45) is 4.99 Å². The van der Waals surface area contributed by atoms with E-state index < -0.39 is 17.6 Å². The third kappa shape index (κ3) is 5.67. The number of ether oxygens (including phenoxy) is 2. The van der Waals surface area contributed by atoms with Crippen LogP contribution in [0.15, 0.2) is 29.4 Å². The van der Waals surface area contributed by atoms with Gasteiger partial charge in [0.05, 0.1) is 23.8 Å². The summed E-state index contributed by atoms with van der Waals surface area (Å²) in [4.78, 5) is 18.9. The van der Waals surface area contributed by atoms with Crippen LogP contribution in [0.4, 0.5) is 13.2 Å². The van der Waals surface area contributed by atoms with Gasteiger partial charge in [0.15, 0.2) is 4.80 Å². The lowest BCUT2D eigenvalue weighted by Gasteiger charge is -2.28. The van der Waals surface area contributed by atoms with Gasteiger partial charge >= 0.3 is 6.18 Å². The van der Waals surface area contributed by atoms with Gasteiger partial charge in [0.2, 0.25) is 0 Å². The molecular weight excluding hydrogens is 455 g/mol. The number of thiazole rings is 1. The Hall–Kier alpha value is -2.17. The molecule has 1 aromatic carbocycles. The molecule has 4 rings (SSSR count). The lowest BCUT2D eigenvalue weighted by molar-refractivity contribution is -0.137. The Bertz CT molecular complexity index is 1080. The maximum absolute atomic E-state index is 13.3. The maximum Gasteiger partial charge on any atom is 0.416 e. The van der Waals surface area contributed by atoms with Crippen LogP contribution in [0.5, 0.6) is 5.75 Å². The first kappa shape index (κ1) is 24.0. The van der Waals surface area contributed by atoms with Crippen LogP contribution >= 0.6 is 11.3 Å². The fraction of sp³-hybridized carbons (Fsp3) is 0.565. The molecule has 0 bridgehead atoms. The molecule has 1 aromatic heterocycles. The largest absolute Gasteiger partial charge is 0.487 e. The Morgan fingerprint density at radius 3 is 2.64 bits per heavy atom. The van der Waals surface area contributed by atoms with E-state index in [1.807, 2.05) is 10.8 Å². The van der Waals surface area contributed by atoms with E-state index in [1.165, 1.54) is 17.4 Å². The number of benzene rings is 1. The van der Waals surface area contributed by atoms with Gasteiger partial charge in [-0.25, -0.2) is 0 Å². The number of nitrogens with one attached hydrogen (secondary N) is 1. The monoisotopic (exact) mass is 483 g/mol. The molecule has 0 unspecified atom stereocenters. The molecule has 10 heteroatoms. The molecule has 33 heavy (non-hydrogen) atoms. The average Bonchev–Trinajstić information content (AvgIpc) is 3.34. The molecule has 0 spiro atoms. The van der Waals surface area contributed by atoms with E-state index >= 15 is 0 Å². The molecule has 2 aromatic rings. The van der Waals surface area contributed by atoms with Crippen LogP contribution < -0.4 is 14.9 Å². The highest BCUT2D eigenvalue weighted by Gasteiger charge is 2.33. The summed E-state index contributed by atoms with van der Waals surface area (Å²) < 4.78 is 53.4. The van der Waals surface area contributed by atoms with E-state index in [2.05, 4.69) is 31.1 Å². The van der Waals surface area contributed by atoms with Gasteiger partial charge in [-0.3, -0.25) is 4.79 Å². The van der Waals surface area contributed by atoms with Crippen molar-refractivity contribution < 1.29 is 27.4 Å². The molecule has 0 aliphatic carbocycles. The topological polar surface area (TPSA) is 64.9 Å². The molecule has 2 fully saturated rings. The van der Waals surface area contributed by atoms with Crippen molar-refractivity contribution in [3.05, 3.63) is 45.2 Å². The Morgan fingerprint density at radius 1 is 1.30 bits per heavy atom. The summed E-state index contributed by atoms with van der Waals surface area (Å²) >= 11 is 1.36. The molecule has 2 saturated heterocycles. The van der Waals surface area contributed by atoms with Crippen LogP contribution in [-0.4, -0.2) is 42.4 Å². The molecule has 2 aliphatic rings. The number of hydrogen-bond donors (Lipinski definition) is 1. The third-order valence-electron chi connectivity index (χ3n) is 5.66. The highest BCUT2D eigenvalue weighted by molar-refractivity contribution is 7.09. The van der Waals surface area contributed by atoms with Gasteiger partial charge in [0.1, 0.15) is 11.9 Å². The second-order valence-electron chi connectivity index (χ2n) is 9.44. The Kier molecular flexibility index (Phi) is 6.70. The van der Waals surface area contributed by atoms with Crippen LogP contribution in [0.3, 0.4) is 0 Å². The summed E-state index contributed by atoms with van der Waals surface area (Å²) in [5, 5.41) is 3.04. The van der Waals surface area contributed by atoms with Gasteiger partial charge in [-0.2, -0.15) is 18.2 Å². The van der Waals surface area contributed by atoms with Crippen LogP contribution in [-0.2, 0) is 22.9 Å². The van der Waals surface area contributed by atoms with Crippen molar-refractivity contribution in [1.82, 2.24) is 9.88 Å². The zero-order valence-electron chi connectivity index (χ0n) is 18.9. The smallest absolute Gasteiger partial charge is 0.416 e. The van der Waals surface area contributed by atoms with Gasteiger partial charge in [-0.1, -0.05) is 20.8 Å². The van der Waals surface area contributed by atoms with E-state index in [4.69, 9.17) is 9.47 Å². The summed E-state index contributed by atoms with van der Waals surface area (Å²) in [6.45, 7) is 8.58. The predicted octanol–water partition coefficient (Wildman–Crippen LogP) is 4.14. The second-order valence-corrected chi connectivity index (χ2v) is 10.4. The molecule has 2 aliphatic heterocycles. The average molecular weight is 484 g/mol. The summed E-state index contributed by atoms with van der Waals surface area (Å²) in [6.07, 6.45) is -0.877. The van der Waals surface area contributed by atoms with E-state index in [-0.39, 0.29) is 28.9 Å². The molecule has 3 heterocycles. The quantitative estimate of drug-likeness (QED) is 0.695. The fourth-order valence-electron chi connectivity index (χ4n) is 3.60. The van der Waals surface area contributed by atoms with E-state index in [1.54, 1.807) is 0 Å². The van der Waals surface area contributed by atoms with Gasteiger partial charge in [-0.05, 0) is 36.5 Å². The summed E-state index contributed by atoms with van der Waals surface area (Å²) in [5.74, 6) is -0.645. The number of carbonyl (C=O) groups excluding carboxylic acids is 1.